The van der Waals surface area contributed by atoms with E-state index in [2.05, 4.69) is 6.58 Å². The monoisotopic (exact) mass is 337 g/mol. The van der Waals surface area contributed by atoms with Gasteiger partial charge in [0.2, 0.25) is 0 Å². The summed E-state index contributed by atoms with van der Waals surface area (Å²) in [6.45, 7) is 7.29. The van der Waals surface area contributed by atoms with Gasteiger partial charge < -0.3 is 25.1 Å². The van der Waals surface area contributed by atoms with Crippen molar-refractivity contribution >= 4 is 23.7 Å². The maximum Gasteiger partial charge on any atom is 0.327 e. The summed E-state index contributed by atoms with van der Waals surface area (Å²) in [6.07, 6.45) is 3.45. The van der Waals surface area contributed by atoms with Crippen LogP contribution in [-0.2, 0) is 23.8 Å². The van der Waals surface area contributed by atoms with Crippen molar-refractivity contribution in [2.75, 3.05) is 45.0 Å². The molecule has 0 rings (SSSR count). The van der Waals surface area contributed by atoms with Crippen molar-refractivity contribution in [2.24, 2.45) is 5.73 Å². The first-order chi connectivity index (χ1) is 10.5. The molecule has 0 radical (unpaired) electrons. The number of carbonyl (C=O) groups excluding carboxylic acids is 1. The summed E-state index contributed by atoms with van der Waals surface area (Å²) in [6, 6.07) is -0.522. The Bertz CT molecular complexity index is 301. The number of esters is 1. The van der Waals surface area contributed by atoms with Gasteiger partial charge >= 0.3 is 11.9 Å². The highest BCUT2D eigenvalue weighted by Crippen LogP contribution is 2.00. The van der Waals surface area contributed by atoms with E-state index in [4.69, 9.17) is 25.1 Å². The largest absolute Gasteiger partial charge is 0.478 e. The Labute approximate surface area is 136 Å². The lowest BCUT2D eigenvalue weighted by molar-refractivity contribution is -0.147. The first-order valence-corrected chi connectivity index (χ1v) is 8.30. The summed E-state index contributed by atoms with van der Waals surface area (Å²) in [5, 5.41) is 7.60. The van der Waals surface area contributed by atoms with Gasteiger partial charge in [-0.15, -0.1) is 0 Å². The molecule has 0 unspecified atom stereocenters. The summed E-state index contributed by atoms with van der Waals surface area (Å²) in [4.78, 5) is 20.6. The average Bonchev–Trinajstić information content (AvgIpc) is 2.51. The molecule has 22 heavy (non-hydrogen) atoms. The van der Waals surface area contributed by atoms with Crippen molar-refractivity contribution < 1.29 is 28.9 Å². The SMILES string of the molecule is C=CC(=O)O.CCOCCOCCOC(=O)[C@@H](N)CCSC. The molecular formula is C14H27NO6S. The minimum atomic E-state index is -0.981. The number of ether oxygens (including phenoxy) is 3. The zero-order valence-corrected chi connectivity index (χ0v) is 14.1. The molecular weight excluding hydrogens is 310 g/mol. The Kier molecular flexibility index (Phi) is 18.9. The fourth-order valence-electron chi connectivity index (χ4n) is 1.04. The number of carboxylic acid groups (broad SMARTS) is 1. The van der Waals surface area contributed by atoms with E-state index in [0.717, 1.165) is 11.8 Å². The summed E-state index contributed by atoms with van der Waals surface area (Å²) in [5.74, 6) is -0.473. The van der Waals surface area contributed by atoms with Crippen molar-refractivity contribution in [2.45, 2.75) is 19.4 Å². The van der Waals surface area contributed by atoms with Crippen LogP contribution in [0.5, 0.6) is 0 Å². The molecule has 0 fully saturated rings. The van der Waals surface area contributed by atoms with Crippen LogP contribution < -0.4 is 5.73 Å². The number of aliphatic carboxylic acids is 1. The van der Waals surface area contributed by atoms with E-state index in [0.29, 0.717) is 32.8 Å². The van der Waals surface area contributed by atoms with E-state index >= 15 is 0 Å². The van der Waals surface area contributed by atoms with Crippen molar-refractivity contribution in [3.8, 4) is 0 Å². The van der Waals surface area contributed by atoms with E-state index in [-0.39, 0.29) is 12.6 Å². The predicted molar refractivity (Wildman–Crippen MR) is 87.1 cm³/mol. The van der Waals surface area contributed by atoms with Gasteiger partial charge in [0.05, 0.1) is 19.8 Å². The molecule has 3 N–H and O–H groups in total. The van der Waals surface area contributed by atoms with E-state index < -0.39 is 12.0 Å². The lowest BCUT2D eigenvalue weighted by Crippen LogP contribution is -2.33. The van der Waals surface area contributed by atoms with E-state index in [9.17, 15) is 9.59 Å². The van der Waals surface area contributed by atoms with Crippen LogP contribution in [0.4, 0.5) is 0 Å². The fraction of sp³-hybridized carbons (Fsp3) is 0.714. The van der Waals surface area contributed by atoms with Crippen LogP contribution in [0.15, 0.2) is 12.7 Å². The molecule has 1 atom stereocenters. The van der Waals surface area contributed by atoms with Crippen LogP contribution in [0.2, 0.25) is 0 Å². The topological polar surface area (TPSA) is 108 Å². The molecule has 0 aliphatic carbocycles. The van der Waals surface area contributed by atoms with Gasteiger partial charge in [-0.3, -0.25) is 4.79 Å². The zero-order chi connectivity index (χ0) is 17.2. The number of rotatable bonds is 12. The van der Waals surface area contributed by atoms with E-state index in [1.807, 2.05) is 13.2 Å². The van der Waals surface area contributed by atoms with Crippen LogP contribution in [-0.4, -0.2) is 68.1 Å². The Balaban J connectivity index is 0. The number of hydrogen-bond acceptors (Lipinski definition) is 7. The van der Waals surface area contributed by atoms with Gasteiger partial charge in [0.25, 0.3) is 0 Å². The van der Waals surface area contributed by atoms with Crippen molar-refractivity contribution in [1.29, 1.82) is 0 Å². The normalized spacial score (nSPS) is 11.0. The molecule has 0 aliphatic heterocycles. The zero-order valence-electron chi connectivity index (χ0n) is 13.3. The highest BCUT2D eigenvalue weighted by atomic mass is 32.2. The maximum absolute atomic E-state index is 11.3. The third-order valence-electron chi connectivity index (χ3n) is 2.16. The third-order valence-corrected chi connectivity index (χ3v) is 2.80. The smallest absolute Gasteiger partial charge is 0.327 e. The molecule has 0 aromatic rings. The number of thioether (sulfide) groups is 1. The molecule has 0 bridgehead atoms. The number of nitrogens with two attached hydrogens (primary N) is 1. The lowest BCUT2D eigenvalue weighted by atomic mass is 10.2. The second-order valence-electron chi connectivity index (χ2n) is 3.91. The molecule has 7 nitrogen and oxygen atoms in total. The van der Waals surface area contributed by atoms with Gasteiger partial charge in [0, 0.05) is 12.7 Å². The molecule has 8 heteroatoms. The Morgan fingerprint density at radius 3 is 2.32 bits per heavy atom. The highest BCUT2D eigenvalue weighted by Gasteiger charge is 2.13. The second kappa shape index (κ2) is 18.0. The Hall–Kier alpha value is -1.09. The highest BCUT2D eigenvalue weighted by molar-refractivity contribution is 7.98. The van der Waals surface area contributed by atoms with Gasteiger partial charge in [0.15, 0.2) is 0 Å². The second-order valence-corrected chi connectivity index (χ2v) is 4.89. The van der Waals surface area contributed by atoms with Gasteiger partial charge in [-0.25, -0.2) is 4.79 Å². The Morgan fingerprint density at radius 2 is 1.82 bits per heavy atom. The standard InChI is InChI=1S/C11H23NO4S.C3H4O2/c1-3-14-5-6-15-7-8-16-11(13)10(12)4-9-17-2;1-2-3(4)5/h10H,3-9,12H2,1-2H3;2H,1H2,(H,4,5)/t10-;/m0./s1. The third kappa shape index (κ3) is 18.9. The predicted octanol–water partition coefficient (Wildman–Crippen LogP) is 0.920. The molecule has 0 saturated carbocycles. The van der Waals surface area contributed by atoms with Gasteiger partial charge in [-0.1, -0.05) is 6.58 Å². The van der Waals surface area contributed by atoms with Crippen LogP contribution in [0, 0.1) is 0 Å². The van der Waals surface area contributed by atoms with Crippen LogP contribution >= 0.6 is 11.8 Å². The van der Waals surface area contributed by atoms with Gasteiger partial charge in [0.1, 0.15) is 12.6 Å². The summed E-state index contributed by atoms with van der Waals surface area (Å²) < 4.78 is 15.3. The Morgan fingerprint density at radius 1 is 1.27 bits per heavy atom. The van der Waals surface area contributed by atoms with Crippen LogP contribution in [0.1, 0.15) is 13.3 Å². The average molecular weight is 337 g/mol. The van der Waals surface area contributed by atoms with Crippen LogP contribution in [0.3, 0.4) is 0 Å². The summed E-state index contributed by atoms with van der Waals surface area (Å²) in [5.41, 5.74) is 5.64. The van der Waals surface area contributed by atoms with Crippen LogP contribution in [0.25, 0.3) is 0 Å². The van der Waals surface area contributed by atoms with Crippen molar-refractivity contribution in [1.82, 2.24) is 0 Å². The molecule has 0 aliphatic rings. The molecule has 0 aromatic heterocycles. The van der Waals surface area contributed by atoms with Crippen molar-refractivity contribution in [3.63, 3.8) is 0 Å². The minimum Gasteiger partial charge on any atom is -0.478 e. The quantitative estimate of drug-likeness (QED) is 0.307. The van der Waals surface area contributed by atoms with Gasteiger partial charge in [-0.05, 0) is 25.4 Å². The van der Waals surface area contributed by atoms with E-state index in [1.165, 1.54) is 0 Å². The van der Waals surface area contributed by atoms with Gasteiger partial charge in [-0.2, -0.15) is 11.8 Å². The first kappa shape index (κ1) is 23.2. The van der Waals surface area contributed by atoms with Crippen molar-refractivity contribution in [3.05, 3.63) is 12.7 Å². The summed E-state index contributed by atoms with van der Waals surface area (Å²) >= 11 is 1.66. The molecule has 0 amide bonds. The molecule has 130 valence electrons. The number of hydrogen-bond donors (Lipinski definition) is 2. The molecule has 0 heterocycles. The lowest BCUT2D eigenvalue weighted by Gasteiger charge is -2.11. The molecule has 0 aromatic carbocycles. The number of carboxylic acids is 1. The number of carbonyl (C=O) groups is 2. The fourth-order valence-corrected chi connectivity index (χ4v) is 1.52. The van der Waals surface area contributed by atoms with E-state index in [1.54, 1.807) is 11.8 Å². The molecule has 0 saturated heterocycles. The minimum absolute atomic E-state index is 0.248. The maximum atomic E-state index is 11.3. The first-order valence-electron chi connectivity index (χ1n) is 6.91. The molecule has 0 spiro atoms. The summed E-state index contributed by atoms with van der Waals surface area (Å²) in [7, 11) is 0.